The Morgan fingerprint density at radius 3 is 2.50 bits per heavy atom. The Hall–Kier alpha value is -3.49. The highest BCUT2D eigenvalue weighted by Crippen LogP contribution is 2.40. The van der Waals surface area contributed by atoms with Crippen LogP contribution in [-0.4, -0.2) is 35.5 Å². The molecular formula is C21H21N3O6. The maximum absolute atomic E-state index is 12.7. The van der Waals surface area contributed by atoms with Crippen LogP contribution in [0.5, 0.6) is 0 Å². The largest absolute Gasteiger partial charge is 0.452 e. The lowest BCUT2D eigenvalue weighted by Crippen LogP contribution is -2.31. The fourth-order valence-corrected chi connectivity index (χ4v) is 4.01. The number of fused-ring (bicyclic) bond motifs is 1. The number of amides is 3. The highest BCUT2D eigenvalue weighted by Gasteiger charge is 2.48. The van der Waals surface area contributed by atoms with E-state index in [9.17, 15) is 19.2 Å². The summed E-state index contributed by atoms with van der Waals surface area (Å²) in [5.41, 5.74) is 0.490. The van der Waals surface area contributed by atoms with Crippen molar-refractivity contribution in [2.24, 2.45) is 11.8 Å². The van der Waals surface area contributed by atoms with Gasteiger partial charge in [0.15, 0.2) is 12.4 Å². The van der Waals surface area contributed by atoms with Crippen LogP contribution in [0.3, 0.4) is 0 Å². The van der Waals surface area contributed by atoms with E-state index < -0.39 is 18.5 Å². The average Bonchev–Trinajstić information content (AvgIpc) is 3.27. The topological polar surface area (TPSA) is 119 Å². The Morgan fingerprint density at radius 1 is 1.17 bits per heavy atom. The number of rotatable bonds is 5. The molecule has 0 radical (unpaired) electrons. The number of carbonyl (C=O) groups is 4. The number of hydrogen-bond donors (Lipinski definition) is 1. The molecule has 1 aromatic carbocycles. The van der Waals surface area contributed by atoms with Crippen molar-refractivity contribution in [3.63, 3.8) is 0 Å². The first kappa shape index (κ1) is 19.8. The van der Waals surface area contributed by atoms with Gasteiger partial charge in [-0.3, -0.25) is 19.3 Å². The van der Waals surface area contributed by atoms with Crippen molar-refractivity contribution in [1.82, 2.24) is 5.16 Å². The lowest BCUT2D eigenvalue weighted by molar-refractivity contribution is -0.122. The molecule has 0 bridgehead atoms. The smallest absolute Gasteiger partial charge is 0.338 e. The average molecular weight is 411 g/mol. The molecule has 0 spiro atoms. The van der Waals surface area contributed by atoms with Crippen LogP contribution in [0.15, 0.2) is 34.9 Å². The molecule has 2 unspecified atom stereocenters. The first-order valence-electron chi connectivity index (χ1n) is 9.82. The van der Waals surface area contributed by atoms with E-state index in [0.717, 1.165) is 12.8 Å². The number of ether oxygens (including phenoxy) is 1. The minimum atomic E-state index is -0.736. The first-order valence-corrected chi connectivity index (χ1v) is 9.82. The molecule has 1 aromatic heterocycles. The summed E-state index contributed by atoms with van der Waals surface area (Å²) in [6.07, 6.45) is 3.31. The van der Waals surface area contributed by atoms with Crippen LogP contribution in [0.2, 0.25) is 0 Å². The maximum atomic E-state index is 12.7. The number of carbonyl (C=O) groups excluding carboxylic acids is 4. The van der Waals surface area contributed by atoms with E-state index in [1.165, 1.54) is 23.1 Å². The highest BCUT2D eigenvalue weighted by molar-refractivity contribution is 6.22. The van der Waals surface area contributed by atoms with Crippen LogP contribution in [-0.2, 0) is 19.1 Å². The van der Waals surface area contributed by atoms with Gasteiger partial charge in [-0.1, -0.05) is 24.1 Å². The summed E-state index contributed by atoms with van der Waals surface area (Å²) in [6.45, 7) is 1.17. The van der Waals surface area contributed by atoms with Crippen LogP contribution >= 0.6 is 0 Å². The Balaban J connectivity index is 1.41. The zero-order chi connectivity index (χ0) is 21.3. The van der Waals surface area contributed by atoms with Crippen molar-refractivity contribution in [2.45, 2.75) is 32.6 Å². The molecule has 1 saturated carbocycles. The Morgan fingerprint density at radius 2 is 1.87 bits per heavy atom. The fourth-order valence-electron chi connectivity index (χ4n) is 4.01. The van der Waals surface area contributed by atoms with Crippen molar-refractivity contribution in [1.29, 1.82) is 0 Å². The van der Waals surface area contributed by atoms with Gasteiger partial charge in [-0.25, -0.2) is 4.79 Å². The summed E-state index contributed by atoms with van der Waals surface area (Å²) >= 11 is 0. The van der Waals surface area contributed by atoms with Crippen molar-refractivity contribution in [3.05, 3.63) is 41.7 Å². The summed E-state index contributed by atoms with van der Waals surface area (Å²) in [5.74, 6) is -1.51. The molecule has 1 N–H and O–H groups in total. The molecule has 2 aliphatic rings. The minimum Gasteiger partial charge on any atom is -0.452 e. The van der Waals surface area contributed by atoms with E-state index in [4.69, 9.17) is 9.26 Å². The second-order valence-electron chi connectivity index (χ2n) is 7.51. The molecular weight excluding hydrogens is 390 g/mol. The molecule has 1 aliphatic carbocycles. The van der Waals surface area contributed by atoms with Gasteiger partial charge in [-0.2, -0.15) is 0 Å². The van der Waals surface area contributed by atoms with Gasteiger partial charge in [0.25, 0.3) is 5.91 Å². The molecule has 2 aromatic rings. The summed E-state index contributed by atoms with van der Waals surface area (Å²) in [4.78, 5) is 50.9. The van der Waals surface area contributed by atoms with Crippen LogP contribution in [0.4, 0.5) is 11.5 Å². The zero-order valence-electron chi connectivity index (χ0n) is 16.4. The number of aromatic nitrogens is 1. The second kappa shape index (κ2) is 8.10. The van der Waals surface area contributed by atoms with Crippen LogP contribution in [0, 0.1) is 18.8 Å². The minimum absolute atomic E-state index is 0.146. The van der Waals surface area contributed by atoms with E-state index in [2.05, 4.69) is 10.5 Å². The Labute approximate surface area is 172 Å². The van der Waals surface area contributed by atoms with Gasteiger partial charge in [0.05, 0.1) is 23.1 Å². The number of anilines is 2. The van der Waals surface area contributed by atoms with Gasteiger partial charge >= 0.3 is 5.97 Å². The number of aryl methyl sites for hydroxylation is 1. The van der Waals surface area contributed by atoms with Crippen LogP contribution in [0.1, 0.15) is 41.8 Å². The number of hydrogen-bond acceptors (Lipinski definition) is 7. The summed E-state index contributed by atoms with van der Waals surface area (Å²) in [7, 11) is 0. The van der Waals surface area contributed by atoms with Gasteiger partial charge < -0.3 is 14.6 Å². The highest BCUT2D eigenvalue weighted by atomic mass is 16.5. The molecule has 156 valence electrons. The quantitative estimate of drug-likeness (QED) is 0.593. The SMILES string of the molecule is Cc1cc(NC(=O)COC(=O)c2cccc(N3C(=O)C4CCCCC4C3=O)c2)no1. The van der Waals surface area contributed by atoms with E-state index in [1.807, 2.05) is 0 Å². The second-order valence-corrected chi connectivity index (χ2v) is 7.51. The zero-order valence-corrected chi connectivity index (χ0v) is 16.4. The van der Waals surface area contributed by atoms with Crippen molar-refractivity contribution in [3.8, 4) is 0 Å². The number of nitrogens with zero attached hydrogens (tertiary/aromatic N) is 2. The Kier molecular flexibility index (Phi) is 5.35. The lowest BCUT2D eigenvalue weighted by Gasteiger charge is -2.19. The van der Waals surface area contributed by atoms with Gasteiger partial charge in [0, 0.05) is 6.07 Å². The number of imide groups is 1. The molecule has 2 fully saturated rings. The summed E-state index contributed by atoms with van der Waals surface area (Å²) in [6, 6.07) is 7.66. The van der Waals surface area contributed by atoms with Gasteiger partial charge in [-0.05, 0) is 38.0 Å². The molecule has 4 rings (SSSR count). The van der Waals surface area contributed by atoms with Gasteiger partial charge in [0.2, 0.25) is 11.8 Å². The van der Waals surface area contributed by atoms with Crippen LogP contribution < -0.4 is 10.2 Å². The molecule has 1 saturated heterocycles. The first-order chi connectivity index (χ1) is 14.4. The van der Waals surface area contributed by atoms with Gasteiger partial charge in [-0.15, -0.1) is 0 Å². The van der Waals surface area contributed by atoms with E-state index >= 15 is 0 Å². The predicted molar refractivity (Wildman–Crippen MR) is 105 cm³/mol. The third-order valence-corrected chi connectivity index (χ3v) is 5.41. The third-order valence-electron chi connectivity index (χ3n) is 5.41. The molecule has 2 atom stereocenters. The molecule has 1 aliphatic heterocycles. The fraction of sp³-hybridized carbons (Fsp3) is 0.381. The normalized spacial score (nSPS) is 20.8. The van der Waals surface area contributed by atoms with Crippen molar-refractivity contribution in [2.75, 3.05) is 16.8 Å². The number of nitrogens with one attached hydrogen (secondary N) is 1. The van der Waals surface area contributed by atoms with Crippen molar-refractivity contribution < 1.29 is 28.4 Å². The molecule has 9 heteroatoms. The van der Waals surface area contributed by atoms with Gasteiger partial charge in [0.1, 0.15) is 5.76 Å². The monoisotopic (exact) mass is 411 g/mol. The molecule has 30 heavy (non-hydrogen) atoms. The van der Waals surface area contributed by atoms with E-state index in [1.54, 1.807) is 19.1 Å². The maximum Gasteiger partial charge on any atom is 0.338 e. The number of benzene rings is 1. The Bertz CT molecular complexity index is 990. The molecule has 2 heterocycles. The van der Waals surface area contributed by atoms with Crippen molar-refractivity contribution >= 4 is 35.2 Å². The lowest BCUT2D eigenvalue weighted by atomic mass is 9.81. The third kappa shape index (κ3) is 3.83. The standard InChI is InChI=1S/C21H21N3O6/c1-12-9-17(23-30-12)22-18(25)11-29-21(28)13-5-4-6-14(10-13)24-19(26)15-7-2-3-8-16(15)20(24)27/h4-6,9-10,15-16H,2-3,7-8,11H2,1H3,(H,22,23,25). The van der Waals surface area contributed by atoms with Crippen LogP contribution in [0.25, 0.3) is 0 Å². The van der Waals surface area contributed by atoms with E-state index in [-0.39, 0.29) is 35.0 Å². The predicted octanol–water partition coefficient (Wildman–Crippen LogP) is 2.46. The summed E-state index contributed by atoms with van der Waals surface area (Å²) in [5, 5.41) is 6.07. The van der Waals surface area contributed by atoms with E-state index in [0.29, 0.717) is 24.3 Å². The molecule has 9 nitrogen and oxygen atoms in total. The summed E-state index contributed by atoms with van der Waals surface area (Å²) < 4.78 is 9.88. The number of esters is 1. The molecule has 3 amide bonds.